The summed E-state index contributed by atoms with van der Waals surface area (Å²) in [4.78, 5) is 11.8. The lowest BCUT2D eigenvalue weighted by Gasteiger charge is -2.03. The van der Waals surface area contributed by atoms with Crippen LogP contribution in [-0.2, 0) is 17.8 Å². The van der Waals surface area contributed by atoms with Gasteiger partial charge in [-0.2, -0.15) is 0 Å². The maximum atomic E-state index is 11.8. The number of rotatable bonds is 4. The van der Waals surface area contributed by atoms with Gasteiger partial charge in [-0.3, -0.25) is 4.79 Å². The van der Waals surface area contributed by atoms with Crippen LogP contribution in [0.3, 0.4) is 0 Å². The highest BCUT2D eigenvalue weighted by Crippen LogP contribution is 2.26. The molecule has 112 valence electrons. The number of carbonyl (C=O) groups excluding carboxylic acids is 1. The Hall–Kier alpha value is -2.26. The summed E-state index contributed by atoms with van der Waals surface area (Å²) < 4.78 is 5.46. The van der Waals surface area contributed by atoms with Gasteiger partial charge in [0, 0.05) is 24.1 Å². The fourth-order valence-corrected chi connectivity index (χ4v) is 2.46. The van der Waals surface area contributed by atoms with Gasteiger partial charge in [0.05, 0.1) is 6.61 Å². The first kappa shape index (κ1) is 14.7. The molecular weight excluding hydrogens is 298 g/mol. The molecule has 3 rings (SSSR count). The third-order valence-electron chi connectivity index (χ3n) is 3.52. The number of nitrogens with one attached hydrogen (secondary N) is 1. The lowest BCUT2D eigenvalue weighted by Crippen LogP contribution is -2.20. The normalized spacial score (nSPS) is 13.0. The Balaban J connectivity index is 1.56. The molecule has 0 unspecified atom stereocenters. The van der Waals surface area contributed by atoms with Crippen LogP contribution in [0.4, 0.5) is 0 Å². The first-order valence-electron chi connectivity index (χ1n) is 7.17. The standard InChI is InChI=1S/C18H16ClNO2/c19-16-5-1-14(2-6-16)12-20-18(21)8-4-13-3-7-17-15(11-13)9-10-22-17/h1-8,11H,9-10,12H2,(H,20,21)/b8-4+. The molecule has 0 saturated carbocycles. The molecule has 3 nitrogen and oxygen atoms in total. The van der Waals surface area contributed by atoms with Crippen LogP contribution >= 0.6 is 11.6 Å². The molecule has 2 aromatic carbocycles. The van der Waals surface area contributed by atoms with Gasteiger partial charge in [0.15, 0.2) is 0 Å². The monoisotopic (exact) mass is 313 g/mol. The first-order valence-corrected chi connectivity index (χ1v) is 7.54. The summed E-state index contributed by atoms with van der Waals surface area (Å²) in [5, 5.41) is 3.54. The molecule has 0 fully saturated rings. The Kier molecular flexibility index (Phi) is 4.45. The van der Waals surface area contributed by atoms with Crippen molar-refractivity contribution in [2.45, 2.75) is 13.0 Å². The largest absolute Gasteiger partial charge is 0.493 e. The molecule has 0 bridgehead atoms. The molecule has 1 aliphatic rings. The second-order valence-electron chi connectivity index (χ2n) is 5.14. The Morgan fingerprint density at radius 3 is 2.86 bits per heavy atom. The van der Waals surface area contributed by atoms with Gasteiger partial charge in [0.25, 0.3) is 0 Å². The lowest BCUT2D eigenvalue weighted by molar-refractivity contribution is -0.116. The van der Waals surface area contributed by atoms with E-state index in [2.05, 4.69) is 11.4 Å². The molecule has 22 heavy (non-hydrogen) atoms. The van der Waals surface area contributed by atoms with Gasteiger partial charge in [0.2, 0.25) is 5.91 Å². The Bertz CT molecular complexity index is 708. The van der Waals surface area contributed by atoms with Crippen LogP contribution in [0.2, 0.25) is 5.02 Å². The third-order valence-corrected chi connectivity index (χ3v) is 3.77. The van der Waals surface area contributed by atoms with Crippen LogP contribution in [0.25, 0.3) is 6.08 Å². The van der Waals surface area contributed by atoms with Gasteiger partial charge in [-0.05, 0) is 47.0 Å². The van der Waals surface area contributed by atoms with Crippen LogP contribution in [0.5, 0.6) is 5.75 Å². The molecule has 4 heteroatoms. The van der Waals surface area contributed by atoms with Crippen molar-refractivity contribution >= 4 is 23.6 Å². The van der Waals surface area contributed by atoms with Gasteiger partial charge in [-0.1, -0.05) is 29.8 Å². The highest BCUT2D eigenvalue weighted by Gasteiger charge is 2.11. The minimum absolute atomic E-state index is 0.119. The van der Waals surface area contributed by atoms with E-state index in [-0.39, 0.29) is 5.91 Å². The van der Waals surface area contributed by atoms with Crippen LogP contribution in [0, 0.1) is 0 Å². The van der Waals surface area contributed by atoms with Crippen molar-refractivity contribution in [3.8, 4) is 5.75 Å². The SMILES string of the molecule is O=C(/C=C/c1ccc2c(c1)CCO2)NCc1ccc(Cl)cc1. The van der Waals surface area contributed by atoms with Gasteiger partial charge in [-0.25, -0.2) is 0 Å². The second kappa shape index (κ2) is 6.67. The fraction of sp³-hybridized carbons (Fsp3) is 0.167. The highest BCUT2D eigenvalue weighted by molar-refractivity contribution is 6.30. The van der Waals surface area contributed by atoms with E-state index in [1.807, 2.05) is 42.5 Å². The Morgan fingerprint density at radius 1 is 1.23 bits per heavy atom. The molecule has 0 radical (unpaired) electrons. The number of benzene rings is 2. The third kappa shape index (κ3) is 3.68. The Labute approximate surface area is 134 Å². The van der Waals surface area contributed by atoms with Crippen LogP contribution < -0.4 is 10.1 Å². The number of hydrogen-bond donors (Lipinski definition) is 1. The number of fused-ring (bicyclic) bond motifs is 1. The maximum Gasteiger partial charge on any atom is 0.244 e. The average molecular weight is 314 g/mol. The number of amides is 1. The molecule has 0 atom stereocenters. The predicted molar refractivity (Wildman–Crippen MR) is 88.0 cm³/mol. The number of ether oxygens (including phenoxy) is 1. The van der Waals surface area contributed by atoms with Crippen molar-refractivity contribution in [1.82, 2.24) is 5.32 Å². The molecule has 1 aliphatic heterocycles. The maximum absolute atomic E-state index is 11.8. The van der Waals surface area contributed by atoms with Crippen molar-refractivity contribution in [3.63, 3.8) is 0 Å². The number of halogens is 1. The van der Waals surface area contributed by atoms with E-state index in [1.54, 1.807) is 6.08 Å². The van der Waals surface area contributed by atoms with Crippen molar-refractivity contribution in [2.24, 2.45) is 0 Å². The second-order valence-corrected chi connectivity index (χ2v) is 5.58. The molecular formula is C18H16ClNO2. The molecule has 1 heterocycles. The molecule has 1 amide bonds. The van der Waals surface area contributed by atoms with E-state index in [0.29, 0.717) is 11.6 Å². The number of carbonyl (C=O) groups is 1. The molecule has 2 aromatic rings. The molecule has 1 N–H and O–H groups in total. The quantitative estimate of drug-likeness (QED) is 0.876. The summed E-state index contributed by atoms with van der Waals surface area (Å²) in [5.74, 6) is 0.830. The van der Waals surface area contributed by atoms with E-state index in [1.165, 1.54) is 5.56 Å². The zero-order chi connectivity index (χ0) is 15.4. The van der Waals surface area contributed by atoms with Crippen molar-refractivity contribution in [3.05, 3.63) is 70.3 Å². The van der Waals surface area contributed by atoms with Gasteiger partial charge >= 0.3 is 0 Å². The zero-order valence-electron chi connectivity index (χ0n) is 12.0. The van der Waals surface area contributed by atoms with Crippen LogP contribution in [-0.4, -0.2) is 12.5 Å². The minimum atomic E-state index is -0.119. The van der Waals surface area contributed by atoms with E-state index in [9.17, 15) is 4.79 Å². The molecule has 0 saturated heterocycles. The smallest absolute Gasteiger partial charge is 0.244 e. The zero-order valence-corrected chi connectivity index (χ0v) is 12.8. The van der Waals surface area contributed by atoms with E-state index < -0.39 is 0 Å². The van der Waals surface area contributed by atoms with E-state index >= 15 is 0 Å². The Morgan fingerprint density at radius 2 is 2.05 bits per heavy atom. The van der Waals surface area contributed by atoms with E-state index in [0.717, 1.165) is 29.9 Å². The van der Waals surface area contributed by atoms with Gasteiger partial charge in [0.1, 0.15) is 5.75 Å². The topological polar surface area (TPSA) is 38.3 Å². The summed E-state index contributed by atoms with van der Waals surface area (Å²) in [6.45, 7) is 1.22. The summed E-state index contributed by atoms with van der Waals surface area (Å²) in [5.41, 5.74) is 3.22. The van der Waals surface area contributed by atoms with Crippen molar-refractivity contribution < 1.29 is 9.53 Å². The molecule has 0 aromatic heterocycles. The summed E-state index contributed by atoms with van der Waals surface area (Å²) in [6, 6.07) is 13.4. The fourth-order valence-electron chi connectivity index (χ4n) is 2.33. The lowest BCUT2D eigenvalue weighted by atomic mass is 10.1. The highest BCUT2D eigenvalue weighted by atomic mass is 35.5. The van der Waals surface area contributed by atoms with Gasteiger partial charge in [-0.15, -0.1) is 0 Å². The number of hydrogen-bond acceptors (Lipinski definition) is 2. The van der Waals surface area contributed by atoms with Crippen molar-refractivity contribution in [2.75, 3.05) is 6.61 Å². The summed E-state index contributed by atoms with van der Waals surface area (Å²) >= 11 is 5.82. The van der Waals surface area contributed by atoms with Crippen LogP contribution in [0.1, 0.15) is 16.7 Å². The van der Waals surface area contributed by atoms with Crippen molar-refractivity contribution in [1.29, 1.82) is 0 Å². The average Bonchev–Trinajstić information content (AvgIpc) is 3.00. The van der Waals surface area contributed by atoms with Gasteiger partial charge < -0.3 is 10.1 Å². The minimum Gasteiger partial charge on any atom is -0.493 e. The molecule has 0 spiro atoms. The predicted octanol–water partition coefficient (Wildman–Crippen LogP) is 3.60. The summed E-state index contributed by atoms with van der Waals surface area (Å²) in [7, 11) is 0. The van der Waals surface area contributed by atoms with E-state index in [4.69, 9.17) is 16.3 Å². The first-order chi connectivity index (χ1) is 10.7. The summed E-state index contributed by atoms with van der Waals surface area (Å²) in [6.07, 6.45) is 4.29. The van der Waals surface area contributed by atoms with Crippen LogP contribution in [0.15, 0.2) is 48.5 Å². The molecule has 0 aliphatic carbocycles.